The van der Waals surface area contributed by atoms with Crippen molar-refractivity contribution >= 4 is 29.1 Å². The fourth-order valence-electron chi connectivity index (χ4n) is 4.14. The molecule has 1 heterocycles. The Kier molecular flexibility index (Phi) is 7.19. The summed E-state index contributed by atoms with van der Waals surface area (Å²) < 4.78 is 10.7. The van der Waals surface area contributed by atoms with Crippen LogP contribution in [0.2, 0.25) is 5.02 Å². The van der Waals surface area contributed by atoms with Gasteiger partial charge in [0.25, 0.3) is 11.8 Å². The molecular weight excluding hydrogens is 456 g/mol. The Morgan fingerprint density at radius 3 is 2.56 bits per heavy atom. The van der Waals surface area contributed by atoms with E-state index in [-0.39, 0.29) is 23.6 Å². The van der Waals surface area contributed by atoms with Crippen molar-refractivity contribution < 1.29 is 18.8 Å². The van der Waals surface area contributed by atoms with Gasteiger partial charge in [0.1, 0.15) is 22.8 Å². The van der Waals surface area contributed by atoms with Crippen molar-refractivity contribution in [3.63, 3.8) is 0 Å². The molecule has 0 bridgehead atoms. The monoisotopic (exact) mass is 482 g/mol. The summed E-state index contributed by atoms with van der Waals surface area (Å²) in [7, 11) is 1.50. The van der Waals surface area contributed by atoms with Gasteiger partial charge in [0.15, 0.2) is 0 Å². The molecule has 9 heteroatoms. The smallest absolute Gasteiger partial charge is 0.261 e. The number of carbonyl (C=O) groups is 2. The number of methoxy groups -OCH3 is 1. The first kappa shape index (κ1) is 23.8. The number of amides is 2. The van der Waals surface area contributed by atoms with Crippen molar-refractivity contribution in [2.24, 2.45) is 5.73 Å². The lowest BCUT2D eigenvalue weighted by molar-refractivity contribution is 0.0924. The van der Waals surface area contributed by atoms with Gasteiger partial charge in [0.2, 0.25) is 0 Å². The van der Waals surface area contributed by atoms with Crippen LogP contribution < -0.4 is 21.1 Å². The zero-order valence-electron chi connectivity index (χ0n) is 19.1. The highest BCUT2D eigenvalue weighted by Crippen LogP contribution is 2.33. The first-order chi connectivity index (χ1) is 16.4. The summed E-state index contributed by atoms with van der Waals surface area (Å²) in [6.07, 6.45) is 3.48. The van der Waals surface area contributed by atoms with Gasteiger partial charge in [0, 0.05) is 23.2 Å². The van der Waals surface area contributed by atoms with Crippen LogP contribution in [-0.4, -0.2) is 36.2 Å². The van der Waals surface area contributed by atoms with E-state index in [1.165, 1.54) is 7.11 Å². The van der Waals surface area contributed by atoms with Crippen LogP contribution in [0, 0.1) is 6.92 Å². The zero-order valence-corrected chi connectivity index (χ0v) is 19.8. The van der Waals surface area contributed by atoms with E-state index < -0.39 is 5.91 Å². The quantitative estimate of drug-likeness (QED) is 0.473. The molecule has 34 heavy (non-hydrogen) atoms. The summed E-state index contributed by atoms with van der Waals surface area (Å²) in [6, 6.07) is 12.3. The molecule has 0 aliphatic heterocycles. The van der Waals surface area contributed by atoms with Gasteiger partial charge in [-0.3, -0.25) is 9.59 Å². The minimum atomic E-state index is -0.453. The van der Waals surface area contributed by atoms with E-state index in [2.05, 4.69) is 15.8 Å². The number of rotatable bonds is 6. The fraction of sp³-hybridized carbons (Fsp3) is 0.320. The Labute approximate surface area is 202 Å². The predicted octanol–water partition coefficient (Wildman–Crippen LogP) is 4.56. The summed E-state index contributed by atoms with van der Waals surface area (Å²) in [5.41, 5.74) is 7.90. The van der Waals surface area contributed by atoms with Crippen molar-refractivity contribution in [2.45, 2.75) is 44.7 Å². The number of benzene rings is 2. The van der Waals surface area contributed by atoms with E-state index in [9.17, 15) is 9.59 Å². The topological polar surface area (TPSA) is 119 Å². The average Bonchev–Trinajstić information content (AvgIpc) is 3.22. The summed E-state index contributed by atoms with van der Waals surface area (Å²) in [4.78, 5) is 26.1. The summed E-state index contributed by atoms with van der Waals surface area (Å²) in [6.45, 7) is 1.65. The van der Waals surface area contributed by atoms with Gasteiger partial charge in [0.05, 0.1) is 17.8 Å². The maximum Gasteiger partial charge on any atom is 0.261 e. The molecule has 178 valence electrons. The summed E-state index contributed by atoms with van der Waals surface area (Å²) in [5.74, 6) is 0.0973. The number of ether oxygens (including phenoxy) is 1. The second-order valence-corrected chi connectivity index (χ2v) is 8.80. The highest BCUT2D eigenvalue weighted by Gasteiger charge is 2.25. The van der Waals surface area contributed by atoms with Crippen molar-refractivity contribution in [3.05, 3.63) is 64.4 Å². The number of aryl methyl sites for hydroxylation is 1. The fourth-order valence-corrected chi connectivity index (χ4v) is 4.37. The van der Waals surface area contributed by atoms with Crippen LogP contribution in [0.1, 0.15) is 52.2 Å². The maximum atomic E-state index is 13.3. The Morgan fingerprint density at radius 2 is 1.85 bits per heavy atom. The summed E-state index contributed by atoms with van der Waals surface area (Å²) in [5, 5.41) is 10.4. The van der Waals surface area contributed by atoms with Crippen LogP contribution in [0.3, 0.4) is 0 Å². The molecule has 2 aromatic carbocycles. The van der Waals surface area contributed by atoms with Gasteiger partial charge >= 0.3 is 0 Å². The molecule has 1 fully saturated rings. The molecule has 1 aliphatic carbocycles. The number of carbonyl (C=O) groups excluding carboxylic acids is 2. The Balaban J connectivity index is 1.57. The number of hydrogen-bond acceptors (Lipinski definition) is 6. The zero-order chi connectivity index (χ0) is 24.2. The molecule has 1 aliphatic rings. The first-order valence-corrected chi connectivity index (χ1v) is 11.5. The third-order valence-corrected chi connectivity index (χ3v) is 6.37. The standard InChI is InChI=1S/C25H27ClN4O4/c1-14-22(23(30-34-14)18-5-3-4-6-19(18)26)25(32)29-20-13-15(7-12-21(20)33-2)24(31)28-17-10-8-16(27)9-11-17/h3-7,12-13,16-17H,8-11,27H2,1-2H3,(H,28,31)(H,29,32). The molecule has 4 rings (SSSR count). The minimum absolute atomic E-state index is 0.0882. The number of hydrogen-bond donors (Lipinski definition) is 3. The van der Waals surface area contributed by atoms with E-state index in [0.717, 1.165) is 25.7 Å². The van der Waals surface area contributed by atoms with E-state index in [1.807, 2.05) is 0 Å². The second-order valence-electron chi connectivity index (χ2n) is 8.40. The Hall–Kier alpha value is -3.36. The van der Waals surface area contributed by atoms with Crippen LogP contribution in [0.5, 0.6) is 5.75 Å². The van der Waals surface area contributed by atoms with Gasteiger partial charge in [-0.05, 0) is 56.9 Å². The van der Waals surface area contributed by atoms with E-state index in [4.69, 9.17) is 26.6 Å². The molecule has 0 atom stereocenters. The molecule has 0 spiro atoms. The highest BCUT2D eigenvalue weighted by molar-refractivity contribution is 6.33. The number of halogens is 1. The van der Waals surface area contributed by atoms with Crippen LogP contribution >= 0.6 is 11.6 Å². The molecule has 4 N–H and O–H groups in total. The normalized spacial score (nSPS) is 17.8. The Bertz CT molecular complexity index is 1200. The number of aromatic nitrogens is 1. The maximum absolute atomic E-state index is 13.3. The molecule has 3 aromatic rings. The van der Waals surface area contributed by atoms with E-state index in [0.29, 0.717) is 39.0 Å². The predicted molar refractivity (Wildman–Crippen MR) is 130 cm³/mol. The molecule has 1 saturated carbocycles. The number of nitrogens with zero attached hydrogens (tertiary/aromatic N) is 1. The molecule has 8 nitrogen and oxygen atoms in total. The SMILES string of the molecule is COc1ccc(C(=O)NC2CCC(N)CC2)cc1NC(=O)c1c(-c2ccccc2Cl)noc1C. The molecule has 0 saturated heterocycles. The Morgan fingerprint density at radius 1 is 1.12 bits per heavy atom. The van der Waals surface area contributed by atoms with E-state index >= 15 is 0 Å². The molecule has 1 aromatic heterocycles. The lowest BCUT2D eigenvalue weighted by Crippen LogP contribution is -2.40. The minimum Gasteiger partial charge on any atom is -0.495 e. The lowest BCUT2D eigenvalue weighted by Gasteiger charge is -2.26. The van der Waals surface area contributed by atoms with Gasteiger partial charge in [-0.2, -0.15) is 0 Å². The average molecular weight is 483 g/mol. The largest absolute Gasteiger partial charge is 0.495 e. The van der Waals surface area contributed by atoms with Crippen LogP contribution in [0.25, 0.3) is 11.3 Å². The van der Waals surface area contributed by atoms with E-state index in [1.54, 1.807) is 49.4 Å². The summed E-state index contributed by atoms with van der Waals surface area (Å²) >= 11 is 6.31. The van der Waals surface area contributed by atoms with Crippen molar-refractivity contribution in [3.8, 4) is 17.0 Å². The number of nitrogens with two attached hydrogens (primary N) is 1. The molecular formula is C25H27ClN4O4. The van der Waals surface area contributed by atoms with Crippen LogP contribution in [0.4, 0.5) is 5.69 Å². The van der Waals surface area contributed by atoms with Crippen LogP contribution in [0.15, 0.2) is 47.0 Å². The first-order valence-electron chi connectivity index (χ1n) is 11.1. The highest BCUT2D eigenvalue weighted by atomic mass is 35.5. The van der Waals surface area contributed by atoms with Gasteiger partial charge in [-0.1, -0.05) is 35.0 Å². The number of anilines is 1. The lowest BCUT2D eigenvalue weighted by atomic mass is 9.91. The van der Waals surface area contributed by atoms with Gasteiger partial charge in [-0.15, -0.1) is 0 Å². The van der Waals surface area contributed by atoms with Crippen molar-refractivity contribution in [2.75, 3.05) is 12.4 Å². The van der Waals surface area contributed by atoms with Crippen molar-refractivity contribution in [1.82, 2.24) is 10.5 Å². The van der Waals surface area contributed by atoms with Crippen molar-refractivity contribution in [1.29, 1.82) is 0 Å². The third-order valence-electron chi connectivity index (χ3n) is 6.04. The van der Waals surface area contributed by atoms with Gasteiger partial charge < -0.3 is 25.6 Å². The molecule has 0 unspecified atom stereocenters. The second kappa shape index (κ2) is 10.3. The van der Waals surface area contributed by atoms with Gasteiger partial charge in [-0.25, -0.2) is 0 Å². The molecule has 0 radical (unpaired) electrons. The third kappa shape index (κ3) is 5.08. The molecule has 2 amide bonds. The van der Waals surface area contributed by atoms with Crippen LogP contribution in [-0.2, 0) is 0 Å². The number of nitrogens with one attached hydrogen (secondary N) is 2.